The average Bonchev–Trinajstić information content (AvgIpc) is 2.66. The van der Waals surface area contributed by atoms with E-state index in [1.807, 2.05) is 0 Å². The minimum atomic E-state index is -0.420. The lowest BCUT2D eigenvalue weighted by molar-refractivity contribution is 0.0774. The van der Waals surface area contributed by atoms with Crippen molar-refractivity contribution < 1.29 is 9.90 Å². The number of aliphatic hydroxyl groups excluding tert-OH is 1. The molecule has 1 aromatic rings. The largest absolute Gasteiger partial charge is 0.393 e. The summed E-state index contributed by atoms with van der Waals surface area (Å²) in [5.74, 6) is 0.0791. The maximum absolute atomic E-state index is 12.0. The zero-order chi connectivity index (χ0) is 13.0. The molecule has 17 heavy (non-hydrogen) atoms. The van der Waals surface area contributed by atoms with Gasteiger partial charge in [-0.05, 0) is 13.3 Å². The second-order valence-corrected chi connectivity index (χ2v) is 4.85. The molecule has 1 atom stereocenters. The van der Waals surface area contributed by atoms with E-state index in [9.17, 15) is 4.79 Å². The van der Waals surface area contributed by atoms with Gasteiger partial charge in [0, 0.05) is 20.6 Å². The molecule has 1 rings (SSSR count). The third kappa shape index (κ3) is 3.57. The zero-order valence-electron chi connectivity index (χ0n) is 10.2. The molecule has 0 saturated heterocycles. The second-order valence-electron chi connectivity index (χ2n) is 3.85. The van der Waals surface area contributed by atoms with E-state index < -0.39 is 6.10 Å². The Morgan fingerprint density at radius 3 is 2.82 bits per heavy atom. The van der Waals surface area contributed by atoms with Crippen LogP contribution in [0.15, 0.2) is 0 Å². The summed E-state index contributed by atoms with van der Waals surface area (Å²) in [5.41, 5.74) is 5.67. The quantitative estimate of drug-likeness (QED) is 0.719. The Balaban J connectivity index is 2.70. The van der Waals surface area contributed by atoms with Crippen molar-refractivity contribution >= 4 is 28.2 Å². The van der Waals surface area contributed by atoms with Gasteiger partial charge in [-0.25, -0.2) is 4.98 Å². The molecule has 6 nitrogen and oxygen atoms in total. The van der Waals surface area contributed by atoms with Gasteiger partial charge < -0.3 is 21.1 Å². The number of rotatable bonds is 5. The molecule has 1 amide bonds. The predicted octanol–water partition coefficient (Wildman–Crippen LogP) is 0.610. The number of amides is 1. The van der Waals surface area contributed by atoms with Crippen LogP contribution in [0.5, 0.6) is 0 Å². The first-order valence-electron chi connectivity index (χ1n) is 5.33. The molecule has 0 aromatic carbocycles. The molecular formula is C10H18N4O2S. The molecule has 1 aromatic heterocycles. The van der Waals surface area contributed by atoms with Crippen molar-refractivity contribution in [2.45, 2.75) is 19.4 Å². The van der Waals surface area contributed by atoms with Gasteiger partial charge in [-0.1, -0.05) is 11.3 Å². The van der Waals surface area contributed by atoms with Gasteiger partial charge in [-0.3, -0.25) is 4.79 Å². The number of nitrogens with two attached hydrogens (primary N) is 1. The number of hydrogen-bond donors (Lipinski definition) is 3. The standard InChI is InChI=1S/C10H18N4O2S/c1-6(15)4-5-14(3)9(16)7-8(11)13-10(12-2)17-7/h6,15H,4-5,11H2,1-3H3,(H,12,13). The summed E-state index contributed by atoms with van der Waals surface area (Å²) in [7, 11) is 3.41. The SMILES string of the molecule is CNc1nc(N)c(C(=O)N(C)CCC(C)O)s1. The van der Waals surface area contributed by atoms with E-state index in [0.717, 1.165) is 0 Å². The molecule has 96 valence electrons. The molecule has 1 heterocycles. The maximum atomic E-state index is 12.0. The molecule has 0 aliphatic carbocycles. The van der Waals surface area contributed by atoms with Crippen LogP contribution in [0.3, 0.4) is 0 Å². The van der Waals surface area contributed by atoms with Crippen molar-refractivity contribution in [1.29, 1.82) is 0 Å². The summed E-state index contributed by atoms with van der Waals surface area (Å²) in [6, 6.07) is 0. The number of thiazole rings is 1. The highest BCUT2D eigenvalue weighted by atomic mass is 32.1. The van der Waals surface area contributed by atoms with Gasteiger partial charge in [-0.2, -0.15) is 0 Å². The number of nitrogens with one attached hydrogen (secondary N) is 1. The molecule has 4 N–H and O–H groups in total. The lowest BCUT2D eigenvalue weighted by Gasteiger charge is -2.17. The monoisotopic (exact) mass is 258 g/mol. The number of nitrogens with zero attached hydrogens (tertiary/aromatic N) is 2. The zero-order valence-corrected chi connectivity index (χ0v) is 11.0. The van der Waals surface area contributed by atoms with E-state index >= 15 is 0 Å². The molecule has 0 aliphatic rings. The Hall–Kier alpha value is -1.34. The lowest BCUT2D eigenvalue weighted by Crippen LogP contribution is -2.29. The molecule has 0 saturated carbocycles. The first-order valence-corrected chi connectivity index (χ1v) is 6.15. The van der Waals surface area contributed by atoms with Crippen LogP contribution in [-0.4, -0.2) is 47.6 Å². The Morgan fingerprint density at radius 2 is 2.35 bits per heavy atom. The van der Waals surface area contributed by atoms with Crippen LogP contribution >= 0.6 is 11.3 Å². The topological polar surface area (TPSA) is 91.5 Å². The van der Waals surface area contributed by atoms with E-state index in [0.29, 0.717) is 23.0 Å². The highest BCUT2D eigenvalue weighted by Crippen LogP contribution is 2.25. The van der Waals surface area contributed by atoms with Crippen molar-refractivity contribution in [2.75, 3.05) is 31.7 Å². The Kier molecular flexibility index (Phi) is 4.71. The van der Waals surface area contributed by atoms with Gasteiger partial charge in [0.25, 0.3) is 5.91 Å². The van der Waals surface area contributed by atoms with Crippen LogP contribution in [0.25, 0.3) is 0 Å². The van der Waals surface area contributed by atoms with Crippen molar-refractivity contribution in [3.05, 3.63) is 4.88 Å². The molecule has 1 unspecified atom stereocenters. The number of carbonyl (C=O) groups is 1. The fourth-order valence-electron chi connectivity index (χ4n) is 1.25. The number of aliphatic hydroxyl groups is 1. The summed E-state index contributed by atoms with van der Waals surface area (Å²) >= 11 is 1.23. The molecule has 7 heteroatoms. The number of hydrogen-bond acceptors (Lipinski definition) is 6. The van der Waals surface area contributed by atoms with Gasteiger partial charge in [-0.15, -0.1) is 0 Å². The van der Waals surface area contributed by atoms with Gasteiger partial charge >= 0.3 is 0 Å². The van der Waals surface area contributed by atoms with E-state index in [1.54, 1.807) is 21.0 Å². The maximum Gasteiger partial charge on any atom is 0.267 e. The van der Waals surface area contributed by atoms with Crippen LogP contribution in [0.4, 0.5) is 10.9 Å². The van der Waals surface area contributed by atoms with E-state index in [1.165, 1.54) is 16.2 Å². The third-order valence-electron chi connectivity index (χ3n) is 2.29. The van der Waals surface area contributed by atoms with Crippen molar-refractivity contribution in [3.8, 4) is 0 Å². The Bertz CT molecular complexity index is 392. The fraction of sp³-hybridized carbons (Fsp3) is 0.600. The minimum absolute atomic E-state index is 0.165. The van der Waals surface area contributed by atoms with Gasteiger partial charge in [0.1, 0.15) is 10.7 Å². The number of carbonyl (C=O) groups excluding carboxylic acids is 1. The Labute approximate surface area is 104 Å². The number of nitrogen functional groups attached to an aromatic ring is 1. The van der Waals surface area contributed by atoms with Crippen LogP contribution in [-0.2, 0) is 0 Å². The smallest absolute Gasteiger partial charge is 0.267 e. The normalized spacial score (nSPS) is 12.2. The van der Waals surface area contributed by atoms with E-state index in [4.69, 9.17) is 10.8 Å². The molecule has 0 fully saturated rings. The van der Waals surface area contributed by atoms with Crippen molar-refractivity contribution in [1.82, 2.24) is 9.88 Å². The molecule has 0 radical (unpaired) electrons. The average molecular weight is 258 g/mol. The summed E-state index contributed by atoms with van der Waals surface area (Å²) in [6.07, 6.45) is 0.122. The summed E-state index contributed by atoms with van der Waals surface area (Å²) < 4.78 is 0. The van der Waals surface area contributed by atoms with Crippen LogP contribution in [0.2, 0.25) is 0 Å². The van der Waals surface area contributed by atoms with Crippen LogP contribution in [0.1, 0.15) is 23.0 Å². The Morgan fingerprint density at radius 1 is 1.71 bits per heavy atom. The van der Waals surface area contributed by atoms with Crippen molar-refractivity contribution in [3.63, 3.8) is 0 Å². The van der Waals surface area contributed by atoms with Crippen LogP contribution < -0.4 is 11.1 Å². The lowest BCUT2D eigenvalue weighted by atomic mass is 10.2. The van der Waals surface area contributed by atoms with Crippen LogP contribution in [0, 0.1) is 0 Å². The fourth-order valence-corrected chi connectivity index (χ4v) is 2.08. The van der Waals surface area contributed by atoms with E-state index in [-0.39, 0.29) is 11.7 Å². The summed E-state index contributed by atoms with van der Waals surface area (Å²) in [5, 5.41) is 12.6. The number of aromatic nitrogens is 1. The number of anilines is 2. The predicted molar refractivity (Wildman–Crippen MR) is 69.3 cm³/mol. The third-order valence-corrected chi connectivity index (χ3v) is 3.37. The highest BCUT2D eigenvalue weighted by Gasteiger charge is 2.19. The second kappa shape index (κ2) is 5.83. The first-order chi connectivity index (χ1) is 7.95. The van der Waals surface area contributed by atoms with Gasteiger partial charge in [0.2, 0.25) is 0 Å². The van der Waals surface area contributed by atoms with Gasteiger partial charge in [0.05, 0.1) is 6.10 Å². The van der Waals surface area contributed by atoms with E-state index in [2.05, 4.69) is 10.3 Å². The van der Waals surface area contributed by atoms with Gasteiger partial charge in [0.15, 0.2) is 5.13 Å². The molecule has 0 bridgehead atoms. The minimum Gasteiger partial charge on any atom is -0.393 e. The van der Waals surface area contributed by atoms with Crippen molar-refractivity contribution in [2.24, 2.45) is 0 Å². The molecular weight excluding hydrogens is 240 g/mol. The molecule has 0 spiro atoms. The first kappa shape index (κ1) is 13.7. The molecule has 0 aliphatic heterocycles. The summed E-state index contributed by atoms with van der Waals surface area (Å²) in [4.78, 5) is 18.0. The summed E-state index contributed by atoms with van der Waals surface area (Å²) in [6.45, 7) is 2.18. The highest BCUT2D eigenvalue weighted by molar-refractivity contribution is 7.18.